The monoisotopic (exact) mass is 464 g/mol. The third-order valence-electron chi connectivity index (χ3n) is 6.32. The standard InChI is InChI=1S/C29H28N4O2/c1-21-6-2-5-9-27(21)33-20-32(17-16-28(33)34)19-22-10-13-25(14-11-22)30-29(35)31-26-15-12-23-7-3-4-8-24(23)18-26/h2-15,18H,16-17,19-20H2,1H3,(H2,30,31,35). The second-order valence-electron chi connectivity index (χ2n) is 8.89. The Balaban J connectivity index is 1.18. The molecule has 35 heavy (non-hydrogen) atoms. The zero-order valence-electron chi connectivity index (χ0n) is 19.7. The van der Waals surface area contributed by atoms with Crippen LogP contribution >= 0.6 is 0 Å². The van der Waals surface area contributed by atoms with Gasteiger partial charge < -0.3 is 10.6 Å². The van der Waals surface area contributed by atoms with Crippen molar-refractivity contribution < 1.29 is 9.59 Å². The topological polar surface area (TPSA) is 64.7 Å². The average Bonchev–Trinajstić information content (AvgIpc) is 2.87. The number of nitrogens with one attached hydrogen (secondary N) is 2. The fraction of sp³-hybridized carbons (Fsp3) is 0.172. The van der Waals surface area contributed by atoms with Crippen molar-refractivity contribution in [3.05, 3.63) is 102 Å². The number of urea groups is 1. The van der Waals surface area contributed by atoms with Crippen LogP contribution in [0.2, 0.25) is 0 Å². The highest BCUT2D eigenvalue weighted by atomic mass is 16.2. The SMILES string of the molecule is Cc1ccccc1N1CN(Cc2ccc(NC(=O)Nc3ccc4ccccc4c3)cc2)CCC1=O. The predicted molar refractivity (Wildman–Crippen MR) is 142 cm³/mol. The van der Waals surface area contributed by atoms with Crippen LogP contribution in [0, 0.1) is 6.92 Å². The van der Waals surface area contributed by atoms with Gasteiger partial charge in [-0.2, -0.15) is 0 Å². The summed E-state index contributed by atoms with van der Waals surface area (Å²) in [6, 6.07) is 29.4. The van der Waals surface area contributed by atoms with E-state index < -0.39 is 0 Å². The summed E-state index contributed by atoms with van der Waals surface area (Å²) in [5, 5.41) is 8.00. The van der Waals surface area contributed by atoms with E-state index in [0.717, 1.165) is 52.1 Å². The first-order chi connectivity index (χ1) is 17.0. The summed E-state index contributed by atoms with van der Waals surface area (Å²) >= 11 is 0. The predicted octanol–water partition coefficient (Wildman–Crippen LogP) is 5.99. The fourth-order valence-electron chi connectivity index (χ4n) is 4.46. The van der Waals surface area contributed by atoms with Gasteiger partial charge in [0.25, 0.3) is 0 Å². The smallest absolute Gasteiger partial charge is 0.308 e. The number of para-hydroxylation sites is 1. The number of rotatable bonds is 5. The van der Waals surface area contributed by atoms with Crippen molar-refractivity contribution in [2.24, 2.45) is 0 Å². The first-order valence-electron chi connectivity index (χ1n) is 11.8. The average molecular weight is 465 g/mol. The maximum absolute atomic E-state index is 12.5. The molecular formula is C29H28N4O2. The molecule has 1 aliphatic rings. The molecule has 1 heterocycles. The maximum atomic E-state index is 12.5. The summed E-state index contributed by atoms with van der Waals surface area (Å²) in [6.45, 7) is 4.07. The van der Waals surface area contributed by atoms with Crippen LogP contribution < -0.4 is 15.5 Å². The van der Waals surface area contributed by atoms with E-state index in [0.29, 0.717) is 13.1 Å². The fourth-order valence-corrected chi connectivity index (χ4v) is 4.46. The number of amides is 3. The lowest BCUT2D eigenvalue weighted by Gasteiger charge is -2.36. The zero-order valence-corrected chi connectivity index (χ0v) is 19.7. The van der Waals surface area contributed by atoms with E-state index in [1.165, 1.54) is 0 Å². The molecule has 1 aliphatic heterocycles. The molecule has 1 saturated heterocycles. The van der Waals surface area contributed by atoms with Gasteiger partial charge >= 0.3 is 6.03 Å². The maximum Gasteiger partial charge on any atom is 0.323 e. The van der Waals surface area contributed by atoms with E-state index in [9.17, 15) is 9.59 Å². The number of carbonyl (C=O) groups is 2. The first-order valence-corrected chi connectivity index (χ1v) is 11.8. The Labute approximate surface area is 205 Å². The van der Waals surface area contributed by atoms with Crippen LogP contribution in [0.5, 0.6) is 0 Å². The molecule has 0 saturated carbocycles. The molecule has 0 spiro atoms. The molecule has 0 aromatic heterocycles. The molecule has 6 nitrogen and oxygen atoms in total. The molecule has 176 valence electrons. The van der Waals surface area contributed by atoms with Crippen molar-refractivity contribution in [2.45, 2.75) is 19.9 Å². The number of hydrogen-bond donors (Lipinski definition) is 2. The largest absolute Gasteiger partial charge is 0.323 e. The molecule has 3 amide bonds. The van der Waals surface area contributed by atoms with E-state index in [2.05, 4.69) is 15.5 Å². The Morgan fingerprint density at radius 3 is 2.31 bits per heavy atom. The van der Waals surface area contributed by atoms with Gasteiger partial charge in [0.15, 0.2) is 0 Å². The Bertz CT molecular complexity index is 1370. The normalized spacial score (nSPS) is 14.2. The lowest BCUT2D eigenvalue weighted by Crippen LogP contribution is -2.48. The van der Waals surface area contributed by atoms with E-state index in [4.69, 9.17) is 0 Å². The second-order valence-corrected chi connectivity index (χ2v) is 8.89. The Hall–Kier alpha value is -4.16. The number of nitrogens with zero attached hydrogens (tertiary/aromatic N) is 2. The zero-order chi connectivity index (χ0) is 24.2. The number of benzene rings is 4. The Morgan fingerprint density at radius 1 is 0.829 bits per heavy atom. The molecule has 0 unspecified atom stereocenters. The Morgan fingerprint density at radius 2 is 1.51 bits per heavy atom. The third kappa shape index (κ3) is 5.34. The van der Waals surface area contributed by atoms with Gasteiger partial charge in [0.2, 0.25) is 5.91 Å². The van der Waals surface area contributed by atoms with Gasteiger partial charge in [0, 0.05) is 36.6 Å². The molecule has 6 heteroatoms. The van der Waals surface area contributed by atoms with Crippen molar-refractivity contribution in [2.75, 3.05) is 28.7 Å². The van der Waals surface area contributed by atoms with Crippen LogP contribution in [-0.4, -0.2) is 30.1 Å². The van der Waals surface area contributed by atoms with Crippen molar-refractivity contribution in [3.8, 4) is 0 Å². The van der Waals surface area contributed by atoms with Gasteiger partial charge in [-0.05, 0) is 59.2 Å². The molecule has 0 aliphatic carbocycles. The molecule has 2 N–H and O–H groups in total. The van der Waals surface area contributed by atoms with Gasteiger partial charge in [0.1, 0.15) is 0 Å². The number of aryl methyl sites for hydroxylation is 1. The number of hydrogen-bond acceptors (Lipinski definition) is 3. The summed E-state index contributed by atoms with van der Waals surface area (Å²) in [7, 11) is 0. The summed E-state index contributed by atoms with van der Waals surface area (Å²) in [5.41, 5.74) is 4.67. The molecule has 4 aromatic carbocycles. The van der Waals surface area contributed by atoms with E-state index in [1.807, 2.05) is 103 Å². The van der Waals surface area contributed by atoms with Gasteiger partial charge in [-0.15, -0.1) is 0 Å². The summed E-state index contributed by atoms with van der Waals surface area (Å²) in [5.74, 6) is 0.160. The van der Waals surface area contributed by atoms with Crippen LogP contribution in [0.25, 0.3) is 10.8 Å². The molecule has 0 atom stereocenters. The highest BCUT2D eigenvalue weighted by Crippen LogP contribution is 2.24. The van der Waals surface area contributed by atoms with Gasteiger partial charge in [-0.3, -0.25) is 14.6 Å². The molecule has 0 bridgehead atoms. The lowest BCUT2D eigenvalue weighted by atomic mass is 10.1. The molecule has 1 fully saturated rings. The highest BCUT2D eigenvalue weighted by molar-refractivity contribution is 6.01. The summed E-state index contributed by atoms with van der Waals surface area (Å²) in [6.07, 6.45) is 0.503. The number of carbonyl (C=O) groups excluding carboxylic acids is 2. The van der Waals surface area contributed by atoms with E-state index >= 15 is 0 Å². The van der Waals surface area contributed by atoms with Crippen molar-refractivity contribution in [3.63, 3.8) is 0 Å². The lowest BCUT2D eigenvalue weighted by molar-refractivity contribution is -0.121. The molecule has 5 rings (SSSR count). The third-order valence-corrected chi connectivity index (χ3v) is 6.32. The van der Waals surface area contributed by atoms with Crippen LogP contribution in [0.15, 0.2) is 91.0 Å². The van der Waals surface area contributed by atoms with Gasteiger partial charge in [-0.1, -0.05) is 60.7 Å². The summed E-state index contributed by atoms with van der Waals surface area (Å²) < 4.78 is 0. The minimum absolute atomic E-state index is 0.160. The van der Waals surface area contributed by atoms with Crippen molar-refractivity contribution in [1.29, 1.82) is 0 Å². The number of fused-ring (bicyclic) bond motifs is 1. The molecule has 0 radical (unpaired) electrons. The van der Waals surface area contributed by atoms with Gasteiger partial charge in [0.05, 0.1) is 6.67 Å². The van der Waals surface area contributed by atoms with Crippen LogP contribution in [0.3, 0.4) is 0 Å². The van der Waals surface area contributed by atoms with Crippen molar-refractivity contribution in [1.82, 2.24) is 4.90 Å². The van der Waals surface area contributed by atoms with Crippen LogP contribution in [0.4, 0.5) is 21.9 Å². The van der Waals surface area contributed by atoms with Crippen LogP contribution in [-0.2, 0) is 11.3 Å². The van der Waals surface area contributed by atoms with Crippen LogP contribution in [0.1, 0.15) is 17.5 Å². The minimum Gasteiger partial charge on any atom is -0.308 e. The molecule has 4 aromatic rings. The Kier molecular flexibility index (Phi) is 6.46. The number of anilines is 3. The van der Waals surface area contributed by atoms with Gasteiger partial charge in [-0.25, -0.2) is 4.79 Å². The first kappa shape index (κ1) is 22.6. The van der Waals surface area contributed by atoms with Crippen molar-refractivity contribution >= 4 is 39.8 Å². The molecular weight excluding hydrogens is 436 g/mol. The minimum atomic E-state index is -0.281. The van der Waals surface area contributed by atoms with E-state index in [-0.39, 0.29) is 11.9 Å². The highest BCUT2D eigenvalue weighted by Gasteiger charge is 2.25. The summed E-state index contributed by atoms with van der Waals surface area (Å²) in [4.78, 5) is 29.2. The second kappa shape index (κ2) is 9.99. The van der Waals surface area contributed by atoms with E-state index in [1.54, 1.807) is 0 Å². The quantitative estimate of drug-likeness (QED) is 0.381.